The van der Waals surface area contributed by atoms with Crippen LogP contribution in [0.5, 0.6) is 0 Å². The number of rotatable bonds is 2. The highest BCUT2D eigenvalue weighted by molar-refractivity contribution is 7.97. The molecule has 1 saturated heterocycles. The van der Waals surface area contributed by atoms with Crippen molar-refractivity contribution >= 4 is 17.6 Å². The number of anilines is 1. The number of nitrogens with two attached hydrogens (primary N) is 1. The van der Waals surface area contributed by atoms with Gasteiger partial charge in [0, 0.05) is 23.7 Å². The minimum absolute atomic E-state index is 0.103. The van der Waals surface area contributed by atoms with E-state index in [1.165, 1.54) is 4.90 Å². The first-order valence-corrected chi connectivity index (χ1v) is 5.98. The number of piperidine rings is 1. The average molecular weight is 224 g/mol. The predicted molar refractivity (Wildman–Crippen MR) is 63.5 cm³/mol. The normalized spacial score (nSPS) is 19.3. The van der Waals surface area contributed by atoms with E-state index < -0.39 is 0 Å². The van der Waals surface area contributed by atoms with Gasteiger partial charge >= 0.3 is 0 Å². The fourth-order valence-electron chi connectivity index (χ4n) is 1.61. The number of benzene rings is 1. The molecule has 15 heavy (non-hydrogen) atoms. The van der Waals surface area contributed by atoms with Gasteiger partial charge in [0.1, 0.15) is 0 Å². The summed E-state index contributed by atoms with van der Waals surface area (Å²) in [7, 11) is 0. The Morgan fingerprint density at radius 1 is 1.20 bits per heavy atom. The van der Waals surface area contributed by atoms with Crippen molar-refractivity contribution in [2.45, 2.75) is 23.8 Å². The van der Waals surface area contributed by atoms with Gasteiger partial charge in [-0.2, -0.15) is 0 Å². The first kappa shape index (κ1) is 10.8. The van der Waals surface area contributed by atoms with Gasteiger partial charge in [0.2, 0.25) is 0 Å². The first-order chi connectivity index (χ1) is 7.24. The average Bonchev–Trinajstić information content (AvgIpc) is 2.25. The minimum atomic E-state index is -0.103. The van der Waals surface area contributed by atoms with Crippen LogP contribution in [0, 0.1) is 0 Å². The van der Waals surface area contributed by atoms with Crippen molar-refractivity contribution in [1.29, 1.82) is 0 Å². The second kappa shape index (κ2) is 4.88. The molecule has 1 aliphatic heterocycles. The Balaban J connectivity index is 1.89. The van der Waals surface area contributed by atoms with Gasteiger partial charge in [-0.3, -0.25) is 0 Å². The van der Waals surface area contributed by atoms with Crippen molar-refractivity contribution < 1.29 is 5.11 Å². The Bertz CT molecular complexity index is 307. The molecule has 0 aliphatic carbocycles. The summed E-state index contributed by atoms with van der Waals surface area (Å²) in [6.45, 7) is 1.91. The Hall–Kier alpha value is -0.710. The maximum atomic E-state index is 9.38. The van der Waals surface area contributed by atoms with Gasteiger partial charge in [-0.25, -0.2) is 4.31 Å². The molecule has 0 aromatic heterocycles. The van der Waals surface area contributed by atoms with Crippen molar-refractivity contribution in [2.75, 3.05) is 18.8 Å². The summed E-state index contributed by atoms with van der Waals surface area (Å²) in [6, 6.07) is 7.90. The molecule has 4 heteroatoms. The van der Waals surface area contributed by atoms with Crippen LogP contribution in [0.15, 0.2) is 29.2 Å². The molecule has 0 saturated carbocycles. The van der Waals surface area contributed by atoms with E-state index in [1.807, 2.05) is 24.3 Å². The number of nitrogen functional groups attached to an aromatic ring is 1. The lowest BCUT2D eigenvalue weighted by Gasteiger charge is -2.28. The largest absolute Gasteiger partial charge is 0.399 e. The quantitative estimate of drug-likeness (QED) is 0.593. The van der Waals surface area contributed by atoms with Crippen LogP contribution in [0.2, 0.25) is 0 Å². The molecule has 1 aromatic carbocycles. The summed E-state index contributed by atoms with van der Waals surface area (Å²) in [5.41, 5.74) is 6.42. The Labute approximate surface area is 94.4 Å². The lowest BCUT2D eigenvalue weighted by molar-refractivity contribution is 0.116. The summed E-state index contributed by atoms with van der Waals surface area (Å²) in [6.07, 6.45) is 1.65. The molecule has 0 spiro atoms. The molecule has 0 amide bonds. The molecule has 1 aromatic rings. The second-order valence-electron chi connectivity index (χ2n) is 3.82. The van der Waals surface area contributed by atoms with Crippen molar-refractivity contribution in [3.63, 3.8) is 0 Å². The van der Waals surface area contributed by atoms with E-state index >= 15 is 0 Å². The number of hydrogen-bond donors (Lipinski definition) is 2. The van der Waals surface area contributed by atoms with E-state index in [4.69, 9.17) is 5.73 Å². The van der Waals surface area contributed by atoms with E-state index in [1.54, 1.807) is 11.9 Å². The van der Waals surface area contributed by atoms with E-state index in [-0.39, 0.29) is 6.10 Å². The van der Waals surface area contributed by atoms with Crippen LogP contribution < -0.4 is 5.73 Å². The summed E-state index contributed by atoms with van der Waals surface area (Å²) < 4.78 is 2.29. The van der Waals surface area contributed by atoms with Crippen molar-refractivity contribution in [2.24, 2.45) is 0 Å². The van der Waals surface area contributed by atoms with Crippen LogP contribution in [0.4, 0.5) is 5.69 Å². The molecule has 1 fully saturated rings. The van der Waals surface area contributed by atoms with Gasteiger partial charge in [-0.05, 0) is 49.1 Å². The molecular weight excluding hydrogens is 208 g/mol. The van der Waals surface area contributed by atoms with Crippen LogP contribution in [0.3, 0.4) is 0 Å². The monoisotopic (exact) mass is 224 g/mol. The maximum Gasteiger partial charge on any atom is 0.0565 e. The number of nitrogens with zero attached hydrogens (tertiary/aromatic N) is 1. The van der Waals surface area contributed by atoms with Crippen LogP contribution in [-0.4, -0.2) is 28.6 Å². The third-order valence-electron chi connectivity index (χ3n) is 2.54. The van der Waals surface area contributed by atoms with Gasteiger partial charge in [0.15, 0.2) is 0 Å². The standard InChI is InChI=1S/C11H16N2OS/c12-9-1-3-11(4-2-9)15-13-7-5-10(14)6-8-13/h1-4,10,14H,5-8,12H2. The lowest BCUT2D eigenvalue weighted by Crippen LogP contribution is -2.30. The first-order valence-electron chi connectivity index (χ1n) is 5.20. The Morgan fingerprint density at radius 3 is 2.40 bits per heavy atom. The molecule has 0 radical (unpaired) electrons. The Morgan fingerprint density at radius 2 is 1.80 bits per heavy atom. The van der Waals surface area contributed by atoms with Gasteiger partial charge in [-0.1, -0.05) is 0 Å². The zero-order valence-corrected chi connectivity index (χ0v) is 9.41. The lowest BCUT2D eigenvalue weighted by atomic mass is 10.1. The maximum absolute atomic E-state index is 9.38. The molecule has 0 atom stereocenters. The highest BCUT2D eigenvalue weighted by Crippen LogP contribution is 2.26. The third-order valence-corrected chi connectivity index (χ3v) is 3.64. The van der Waals surface area contributed by atoms with E-state index in [9.17, 15) is 5.11 Å². The second-order valence-corrected chi connectivity index (χ2v) is 4.99. The molecule has 3 nitrogen and oxygen atoms in total. The SMILES string of the molecule is Nc1ccc(SN2CCC(O)CC2)cc1. The van der Waals surface area contributed by atoms with Crippen LogP contribution >= 0.6 is 11.9 Å². The van der Waals surface area contributed by atoms with Crippen LogP contribution in [0.1, 0.15) is 12.8 Å². The fourth-order valence-corrected chi connectivity index (χ4v) is 2.56. The van der Waals surface area contributed by atoms with E-state index in [0.29, 0.717) is 0 Å². The smallest absolute Gasteiger partial charge is 0.0565 e. The van der Waals surface area contributed by atoms with Crippen molar-refractivity contribution in [1.82, 2.24) is 4.31 Å². The van der Waals surface area contributed by atoms with E-state index in [2.05, 4.69) is 4.31 Å². The molecule has 82 valence electrons. The topological polar surface area (TPSA) is 49.5 Å². The summed E-state index contributed by atoms with van der Waals surface area (Å²) >= 11 is 1.74. The summed E-state index contributed by atoms with van der Waals surface area (Å²) in [5, 5.41) is 9.38. The number of aliphatic hydroxyl groups excluding tert-OH is 1. The fraction of sp³-hybridized carbons (Fsp3) is 0.455. The van der Waals surface area contributed by atoms with Gasteiger partial charge < -0.3 is 10.8 Å². The van der Waals surface area contributed by atoms with E-state index in [0.717, 1.165) is 31.6 Å². The molecule has 1 heterocycles. The highest BCUT2D eigenvalue weighted by Gasteiger charge is 2.17. The van der Waals surface area contributed by atoms with Crippen LogP contribution in [-0.2, 0) is 0 Å². The third kappa shape index (κ3) is 3.12. The molecule has 0 unspecified atom stereocenters. The summed E-state index contributed by atoms with van der Waals surface area (Å²) in [5.74, 6) is 0. The van der Waals surface area contributed by atoms with Gasteiger partial charge in [0.05, 0.1) is 6.10 Å². The summed E-state index contributed by atoms with van der Waals surface area (Å²) in [4.78, 5) is 1.21. The van der Waals surface area contributed by atoms with Crippen molar-refractivity contribution in [3.05, 3.63) is 24.3 Å². The molecule has 3 N–H and O–H groups in total. The van der Waals surface area contributed by atoms with Crippen LogP contribution in [0.25, 0.3) is 0 Å². The minimum Gasteiger partial charge on any atom is -0.399 e. The number of aliphatic hydroxyl groups is 1. The van der Waals surface area contributed by atoms with Gasteiger partial charge in [-0.15, -0.1) is 0 Å². The molecule has 2 rings (SSSR count). The zero-order valence-electron chi connectivity index (χ0n) is 8.60. The molecule has 1 aliphatic rings. The van der Waals surface area contributed by atoms with Crippen molar-refractivity contribution in [3.8, 4) is 0 Å². The molecule has 0 bridgehead atoms. The number of hydrogen-bond acceptors (Lipinski definition) is 4. The Kier molecular flexibility index (Phi) is 3.51. The predicted octanol–water partition coefficient (Wildman–Crippen LogP) is 1.73. The zero-order chi connectivity index (χ0) is 10.7. The molecular formula is C11H16N2OS. The highest BCUT2D eigenvalue weighted by atomic mass is 32.2. The van der Waals surface area contributed by atoms with Gasteiger partial charge in [0.25, 0.3) is 0 Å².